The SMILES string of the molecule is Nc1c(O)c(CC2[C@H]3CN(C(=O)[C@H](O)CO)C[C@H]23)cc(Cl)c1Cl. The Bertz CT molecular complexity index is 643. The average molecular weight is 361 g/mol. The number of halogens is 2. The van der Waals surface area contributed by atoms with E-state index >= 15 is 0 Å². The van der Waals surface area contributed by atoms with Crippen molar-refractivity contribution in [2.24, 2.45) is 17.8 Å². The molecule has 1 aromatic rings. The number of phenols is 1. The van der Waals surface area contributed by atoms with Gasteiger partial charge < -0.3 is 26.0 Å². The fourth-order valence-electron chi connectivity index (χ4n) is 3.52. The van der Waals surface area contributed by atoms with E-state index < -0.39 is 18.6 Å². The molecular formula is C15H18Cl2N2O4. The number of piperidine rings is 1. The van der Waals surface area contributed by atoms with E-state index in [4.69, 9.17) is 34.0 Å². The Morgan fingerprint density at radius 3 is 2.57 bits per heavy atom. The molecule has 0 unspecified atom stereocenters. The third-order valence-corrected chi connectivity index (χ3v) is 5.71. The molecule has 0 bridgehead atoms. The van der Waals surface area contributed by atoms with Gasteiger partial charge in [-0.05, 0) is 35.8 Å². The molecule has 1 aliphatic heterocycles. The van der Waals surface area contributed by atoms with Crippen LogP contribution in [0.1, 0.15) is 5.56 Å². The normalized spacial score (nSPS) is 27.0. The summed E-state index contributed by atoms with van der Waals surface area (Å²) in [6.07, 6.45) is -0.725. The minimum atomic E-state index is -1.34. The molecule has 0 radical (unpaired) electrons. The number of amides is 1. The minimum Gasteiger partial charge on any atom is -0.505 e. The van der Waals surface area contributed by atoms with Gasteiger partial charge in [0.15, 0.2) is 6.10 Å². The summed E-state index contributed by atoms with van der Waals surface area (Å²) in [6, 6.07) is 1.63. The van der Waals surface area contributed by atoms with Crippen molar-refractivity contribution in [2.45, 2.75) is 12.5 Å². The zero-order chi connectivity index (χ0) is 16.9. The molecule has 5 N–H and O–H groups in total. The maximum atomic E-state index is 11.8. The number of rotatable bonds is 4. The molecule has 3 atom stereocenters. The van der Waals surface area contributed by atoms with E-state index in [-0.39, 0.29) is 16.5 Å². The Labute approximate surface area is 143 Å². The molecule has 2 fully saturated rings. The molecule has 23 heavy (non-hydrogen) atoms. The Morgan fingerprint density at radius 2 is 2.00 bits per heavy atom. The van der Waals surface area contributed by atoms with Gasteiger partial charge in [0.1, 0.15) is 5.75 Å². The van der Waals surface area contributed by atoms with E-state index in [0.29, 0.717) is 47.9 Å². The summed E-state index contributed by atoms with van der Waals surface area (Å²) >= 11 is 11.9. The Hall–Kier alpha value is -1.21. The van der Waals surface area contributed by atoms with Crippen molar-refractivity contribution >= 4 is 34.8 Å². The fourth-order valence-corrected chi connectivity index (χ4v) is 3.90. The van der Waals surface area contributed by atoms with Gasteiger partial charge in [0.25, 0.3) is 5.91 Å². The van der Waals surface area contributed by atoms with E-state index in [1.54, 1.807) is 11.0 Å². The summed E-state index contributed by atoms with van der Waals surface area (Å²) in [4.78, 5) is 13.4. The lowest BCUT2D eigenvalue weighted by atomic mass is 10.0. The molecule has 1 amide bonds. The predicted octanol–water partition coefficient (Wildman–Crippen LogP) is 0.881. The first-order valence-corrected chi connectivity index (χ1v) is 8.13. The van der Waals surface area contributed by atoms with Crippen LogP contribution in [0.4, 0.5) is 5.69 Å². The topological polar surface area (TPSA) is 107 Å². The second-order valence-corrected chi connectivity index (χ2v) is 7.02. The molecule has 1 saturated heterocycles. The highest BCUT2D eigenvalue weighted by Crippen LogP contribution is 2.54. The molecule has 8 heteroatoms. The second kappa shape index (κ2) is 6.02. The first-order valence-electron chi connectivity index (χ1n) is 7.38. The van der Waals surface area contributed by atoms with Crippen LogP contribution in [0, 0.1) is 17.8 Å². The Balaban J connectivity index is 1.64. The van der Waals surface area contributed by atoms with Crippen LogP contribution in [0.15, 0.2) is 6.07 Å². The summed E-state index contributed by atoms with van der Waals surface area (Å²) in [7, 11) is 0. The highest BCUT2D eigenvalue weighted by Gasteiger charge is 2.56. The van der Waals surface area contributed by atoms with Crippen molar-refractivity contribution in [1.82, 2.24) is 4.90 Å². The lowest BCUT2D eigenvalue weighted by Gasteiger charge is -2.22. The second-order valence-electron chi connectivity index (χ2n) is 6.23. The number of nitrogens with two attached hydrogens (primary N) is 1. The van der Waals surface area contributed by atoms with Crippen LogP contribution >= 0.6 is 23.2 Å². The number of nitrogens with zero attached hydrogens (tertiary/aromatic N) is 1. The molecule has 1 heterocycles. The number of likely N-dealkylation sites (tertiary alicyclic amines) is 1. The summed E-state index contributed by atoms with van der Waals surface area (Å²) in [5, 5.41) is 28.8. The van der Waals surface area contributed by atoms with E-state index in [9.17, 15) is 15.0 Å². The molecular weight excluding hydrogens is 343 g/mol. The number of anilines is 1. The van der Waals surface area contributed by atoms with Crippen LogP contribution in [-0.4, -0.2) is 51.9 Å². The van der Waals surface area contributed by atoms with Crippen molar-refractivity contribution in [3.63, 3.8) is 0 Å². The Kier molecular flexibility index (Phi) is 4.35. The number of hydrogen-bond donors (Lipinski definition) is 4. The maximum absolute atomic E-state index is 11.8. The first-order chi connectivity index (χ1) is 10.8. The highest BCUT2D eigenvalue weighted by atomic mass is 35.5. The minimum absolute atomic E-state index is 0.0343. The number of fused-ring (bicyclic) bond motifs is 1. The standard InChI is InChI=1S/C15H18Cl2N2O4/c16-10-2-6(14(22)13(18)12(10)17)1-7-8-3-19(4-9(7)8)15(23)11(21)5-20/h2,7-9,11,20-22H,1,3-5,18H2/t8-,9-,11-/m1/s1. The van der Waals surface area contributed by atoms with Gasteiger partial charge in [-0.1, -0.05) is 23.2 Å². The molecule has 3 rings (SSSR count). The van der Waals surface area contributed by atoms with Gasteiger partial charge in [0.2, 0.25) is 0 Å². The highest BCUT2D eigenvalue weighted by molar-refractivity contribution is 6.44. The van der Waals surface area contributed by atoms with Crippen LogP contribution < -0.4 is 5.73 Å². The van der Waals surface area contributed by atoms with Crippen LogP contribution in [0.3, 0.4) is 0 Å². The van der Waals surface area contributed by atoms with Gasteiger partial charge in [-0.2, -0.15) is 0 Å². The third-order valence-electron chi connectivity index (χ3n) is 4.90. The van der Waals surface area contributed by atoms with Gasteiger partial charge in [-0.3, -0.25) is 4.79 Å². The van der Waals surface area contributed by atoms with E-state index in [2.05, 4.69) is 0 Å². The molecule has 0 spiro atoms. The molecule has 2 aliphatic rings. The van der Waals surface area contributed by atoms with Gasteiger partial charge in [-0.15, -0.1) is 0 Å². The number of nitrogen functional groups attached to an aromatic ring is 1. The summed E-state index contributed by atoms with van der Waals surface area (Å²) < 4.78 is 0. The zero-order valence-electron chi connectivity index (χ0n) is 12.2. The van der Waals surface area contributed by atoms with Crippen LogP contribution in [0.25, 0.3) is 0 Å². The zero-order valence-corrected chi connectivity index (χ0v) is 13.8. The maximum Gasteiger partial charge on any atom is 0.253 e. The average Bonchev–Trinajstić information content (AvgIpc) is 2.97. The number of aromatic hydroxyl groups is 1. The number of phenolic OH excluding ortho intramolecular Hbond substituents is 1. The molecule has 0 aromatic heterocycles. The number of carbonyl (C=O) groups excluding carboxylic acids is 1. The third kappa shape index (κ3) is 2.85. The first kappa shape index (κ1) is 16.6. The van der Waals surface area contributed by atoms with Crippen molar-refractivity contribution in [3.8, 4) is 5.75 Å². The van der Waals surface area contributed by atoms with Gasteiger partial charge in [0, 0.05) is 13.1 Å². The molecule has 126 valence electrons. The van der Waals surface area contributed by atoms with Crippen LogP contribution in [-0.2, 0) is 11.2 Å². The molecule has 1 saturated carbocycles. The van der Waals surface area contributed by atoms with Crippen molar-refractivity contribution in [1.29, 1.82) is 0 Å². The van der Waals surface area contributed by atoms with E-state index in [0.717, 1.165) is 0 Å². The lowest BCUT2D eigenvalue weighted by molar-refractivity contribution is -0.141. The van der Waals surface area contributed by atoms with Crippen molar-refractivity contribution < 1.29 is 20.1 Å². The smallest absolute Gasteiger partial charge is 0.253 e. The summed E-state index contributed by atoms with van der Waals surface area (Å²) in [5.41, 5.74) is 6.48. The number of hydrogen-bond acceptors (Lipinski definition) is 5. The number of carbonyl (C=O) groups is 1. The van der Waals surface area contributed by atoms with E-state index in [1.807, 2.05) is 0 Å². The lowest BCUT2D eigenvalue weighted by Crippen LogP contribution is -2.41. The fraction of sp³-hybridized carbons (Fsp3) is 0.533. The molecule has 1 aliphatic carbocycles. The predicted molar refractivity (Wildman–Crippen MR) is 86.4 cm³/mol. The molecule has 1 aromatic carbocycles. The quantitative estimate of drug-likeness (QED) is 0.471. The van der Waals surface area contributed by atoms with E-state index in [1.165, 1.54) is 0 Å². The summed E-state index contributed by atoms with van der Waals surface area (Å²) in [6.45, 7) is 0.552. The van der Waals surface area contributed by atoms with Gasteiger partial charge >= 0.3 is 0 Å². The number of benzene rings is 1. The van der Waals surface area contributed by atoms with Crippen molar-refractivity contribution in [3.05, 3.63) is 21.7 Å². The monoisotopic (exact) mass is 360 g/mol. The summed E-state index contributed by atoms with van der Waals surface area (Å²) in [5.74, 6) is 0.542. The largest absolute Gasteiger partial charge is 0.505 e. The van der Waals surface area contributed by atoms with Crippen molar-refractivity contribution in [2.75, 3.05) is 25.4 Å². The molecule has 6 nitrogen and oxygen atoms in total. The number of aliphatic hydroxyl groups excluding tert-OH is 2. The van der Waals surface area contributed by atoms with Crippen LogP contribution in [0.5, 0.6) is 5.75 Å². The number of aliphatic hydroxyl groups is 2. The van der Waals surface area contributed by atoms with Gasteiger partial charge in [0.05, 0.1) is 22.3 Å². The van der Waals surface area contributed by atoms with Gasteiger partial charge in [-0.25, -0.2) is 0 Å². The van der Waals surface area contributed by atoms with Crippen LogP contribution in [0.2, 0.25) is 10.0 Å². The Morgan fingerprint density at radius 1 is 1.39 bits per heavy atom.